The lowest BCUT2D eigenvalue weighted by atomic mass is 10.1. The van der Waals surface area contributed by atoms with Crippen LogP contribution in [0.4, 0.5) is 4.79 Å². The van der Waals surface area contributed by atoms with Crippen molar-refractivity contribution in [2.24, 2.45) is 0 Å². The number of rotatable bonds is 3. The Labute approximate surface area is 148 Å². The van der Waals surface area contributed by atoms with Crippen LogP contribution in [0, 0.1) is 0 Å². The molecule has 2 aliphatic heterocycles. The summed E-state index contributed by atoms with van der Waals surface area (Å²) >= 11 is 0. The summed E-state index contributed by atoms with van der Waals surface area (Å²) in [5, 5.41) is 0. The quantitative estimate of drug-likeness (QED) is 0.814. The molecule has 25 heavy (non-hydrogen) atoms. The van der Waals surface area contributed by atoms with E-state index in [0.29, 0.717) is 6.42 Å². The molecule has 1 aromatic rings. The molecule has 0 aromatic heterocycles. The molecule has 0 saturated carbocycles. The molecular weight excluding hydrogens is 344 g/mol. The normalized spacial score (nSPS) is 24.5. The van der Waals surface area contributed by atoms with E-state index in [1.165, 1.54) is 6.42 Å². The summed E-state index contributed by atoms with van der Waals surface area (Å²) in [6.45, 7) is 2.05. The molecule has 0 aliphatic carbocycles. The highest BCUT2D eigenvalue weighted by Gasteiger charge is 2.37. The van der Waals surface area contributed by atoms with Crippen LogP contribution in [-0.4, -0.2) is 56.0 Å². The summed E-state index contributed by atoms with van der Waals surface area (Å²) in [6, 6.07) is 9.14. The summed E-state index contributed by atoms with van der Waals surface area (Å²) in [5.74, 6) is 0. The van der Waals surface area contributed by atoms with Gasteiger partial charge in [0.2, 0.25) is 0 Å². The zero-order chi connectivity index (χ0) is 17.7. The van der Waals surface area contributed by atoms with Crippen LogP contribution in [0.15, 0.2) is 30.3 Å². The van der Waals surface area contributed by atoms with E-state index in [1.54, 1.807) is 0 Å². The molecule has 2 aliphatic rings. The van der Waals surface area contributed by atoms with Gasteiger partial charge in [0.25, 0.3) is 0 Å². The third-order valence-electron chi connectivity index (χ3n) is 4.65. The highest BCUT2D eigenvalue weighted by atomic mass is 32.2. The molecule has 8 heteroatoms. The van der Waals surface area contributed by atoms with E-state index in [0.717, 1.165) is 35.8 Å². The van der Waals surface area contributed by atoms with Gasteiger partial charge in [0, 0.05) is 6.04 Å². The van der Waals surface area contributed by atoms with Crippen LogP contribution in [0.2, 0.25) is 0 Å². The van der Waals surface area contributed by atoms with Gasteiger partial charge in [-0.2, -0.15) is 12.7 Å². The Balaban J connectivity index is 1.67. The lowest BCUT2D eigenvalue weighted by molar-refractivity contribution is 0.101. The first-order valence-electron chi connectivity index (χ1n) is 8.68. The molecule has 1 atom stereocenters. The fourth-order valence-corrected chi connectivity index (χ4v) is 4.29. The molecular formula is C17H24N2O5S. The summed E-state index contributed by atoms with van der Waals surface area (Å²) in [4.78, 5) is 14.6. The fourth-order valence-electron chi connectivity index (χ4n) is 3.27. The molecule has 1 aromatic carbocycles. The molecule has 138 valence electrons. The van der Waals surface area contributed by atoms with Gasteiger partial charge >= 0.3 is 16.4 Å². The summed E-state index contributed by atoms with van der Waals surface area (Å²) in [6.07, 6.45) is 3.10. The third kappa shape index (κ3) is 4.71. The summed E-state index contributed by atoms with van der Waals surface area (Å²) in [7, 11) is -4.10. The first-order chi connectivity index (χ1) is 12.1. The monoisotopic (exact) mass is 368 g/mol. The smallest absolute Gasteiger partial charge is 0.425 e. The molecule has 2 heterocycles. The molecule has 7 nitrogen and oxygen atoms in total. The van der Waals surface area contributed by atoms with Crippen LogP contribution in [-0.2, 0) is 25.8 Å². The minimum atomic E-state index is -4.10. The lowest BCUT2D eigenvalue weighted by Gasteiger charge is -2.34. The Morgan fingerprint density at radius 2 is 1.88 bits per heavy atom. The predicted octanol–water partition coefficient (Wildman–Crippen LogP) is 2.14. The van der Waals surface area contributed by atoms with Crippen molar-refractivity contribution < 1.29 is 22.1 Å². The Bertz CT molecular complexity index is 674. The van der Waals surface area contributed by atoms with Crippen molar-refractivity contribution in [1.29, 1.82) is 0 Å². The maximum absolute atomic E-state index is 12.4. The van der Waals surface area contributed by atoms with E-state index in [4.69, 9.17) is 8.92 Å². The second-order valence-corrected chi connectivity index (χ2v) is 7.92. The Morgan fingerprint density at radius 3 is 2.60 bits per heavy atom. The number of benzene rings is 1. The van der Waals surface area contributed by atoms with Crippen LogP contribution in [0.3, 0.4) is 0 Å². The van der Waals surface area contributed by atoms with E-state index < -0.39 is 16.4 Å². The number of likely N-dealkylation sites (tertiary alicyclic amines) is 1. The summed E-state index contributed by atoms with van der Waals surface area (Å²) < 4.78 is 35.4. The number of ether oxygens (including phenoxy) is 1. The van der Waals surface area contributed by atoms with Crippen LogP contribution >= 0.6 is 0 Å². The van der Waals surface area contributed by atoms with Gasteiger partial charge in [-0.1, -0.05) is 36.8 Å². The minimum absolute atomic E-state index is 0.0261. The Kier molecular flexibility index (Phi) is 5.93. The van der Waals surface area contributed by atoms with E-state index in [2.05, 4.69) is 4.90 Å². The number of hydrogen-bond acceptors (Lipinski definition) is 6. The average Bonchev–Trinajstić information content (AvgIpc) is 2.79. The van der Waals surface area contributed by atoms with Crippen LogP contribution < -0.4 is 0 Å². The molecule has 0 bridgehead atoms. The van der Waals surface area contributed by atoms with Crippen molar-refractivity contribution in [2.45, 2.75) is 38.3 Å². The second-order valence-electron chi connectivity index (χ2n) is 6.39. The zero-order valence-corrected chi connectivity index (χ0v) is 15.0. The third-order valence-corrected chi connectivity index (χ3v) is 5.95. The SMILES string of the molecule is O=C(OCc1ccccc1)N1CC(N2CCCCC2)CCOS1(=O)=O. The molecule has 1 amide bonds. The van der Waals surface area contributed by atoms with E-state index in [1.807, 2.05) is 30.3 Å². The van der Waals surface area contributed by atoms with Gasteiger partial charge < -0.3 is 4.74 Å². The fraction of sp³-hybridized carbons (Fsp3) is 0.588. The zero-order valence-electron chi connectivity index (χ0n) is 14.2. The number of nitrogens with zero attached hydrogens (tertiary/aromatic N) is 2. The number of hydrogen-bond donors (Lipinski definition) is 0. The highest BCUT2D eigenvalue weighted by molar-refractivity contribution is 7.84. The number of carbonyl (C=O) groups excluding carboxylic acids is 1. The van der Waals surface area contributed by atoms with Crippen molar-refractivity contribution in [3.63, 3.8) is 0 Å². The second kappa shape index (κ2) is 8.16. The van der Waals surface area contributed by atoms with Crippen LogP contribution in [0.5, 0.6) is 0 Å². The molecule has 2 fully saturated rings. The average molecular weight is 368 g/mol. The lowest BCUT2D eigenvalue weighted by Crippen LogP contribution is -2.48. The van der Waals surface area contributed by atoms with Crippen LogP contribution in [0.1, 0.15) is 31.2 Å². The van der Waals surface area contributed by atoms with Gasteiger partial charge in [-0.25, -0.2) is 4.79 Å². The standard InChI is InChI=1S/C17H24N2O5S/c20-17(23-14-15-7-3-1-4-8-15)19-13-16(9-12-24-25(19,21)22)18-10-5-2-6-11-18/h1,3-4,7-8,16H,2,5-6,9-14H2. The Hall–Kier alpha value is -1.64. The van der Waals surface area contributed by atoms with E-state index in [9.17, 15) is 13.2 Å². The summed E-state index contributed by atoms with van der Waals surface area (Å²) in [5.41, 5.74) is 0.802. The first-order valence-corrected chi connectivity index (χ1v) is 10.0. The molecule has 0 N–H and O–H groups in total. The molecule has 3 rings (SSSR count). The number of amides is 1. The maximum atomic E-state index is 12.4. The van der Waals surface area contributed by atoms with Gasteiger partial charge in [-0.05, 0) is 37.9 Å². The van der Waals surface area contributed by atoms with Crippen LogP contribution in [0.25, 0.3) is 0 Å². The van der Waals surface area contributed by atoms with Gasteiger partial charge in [0.15, 0.2) is 0 Å². The molecule has 1 unspecified atom stereocenters. The molecule has 0 radical (unpaired) electrons. The van der Waals surface area contributed by atoms with Crippen molar-refractivity contribution in [2.75, 3.05) is 26.2 Å². The largest absolute Gasteiger partial charge is 0.444 e. The molecule has 2 saturated heterocycles. The van der Waals surface area contributed by atoms with Gasteiger partial charge in [-0.15, -0.1) is 0 Å². The van der Waals surface area contributed by atoms with E-state index >= 15 is 0 Å². The number of piperidine rings is 1. The van der Waals surface area contributed by atoms with Crippen molar-refractivity contribution in [1.82, 2.24) is 9.21 Å². The van der Waals surface area contributed by atoms with Crippen molar-refractivity contribution in [3.05, 3.63) is 35.9 Å². The van der Waals surface area contributed by atoms with Crippen molar-refractivity contribution >= 4 is 16.4 Å². The topological polar surface area (TPSA) is 76.2 Å². The maximum Gasteiger partial charge on any atom is 0.425 e. The first kappa shape index (κ1) is 18.2. The van der Waals surface area contributed by atoms with E-state index in [-0.39, 0.29) is 25.8 Å². The van der Waals surface area contributed by atoms with Gasteiger partial charge in [0.05, 0.1) is 13.2 Å². The highest BCUT2D eigenvalue weighted by Crippen LogP contribution is 2.21. The predicted molar refractivity (Wildman–Crippen MR) is 92.0 cm³/mol. The van der Waals surface area contributed by atoms with Crippen molar-refractivity contribution in [3.8, 4) is 0 Å². The van der Waals surface area contributed by atoms with Gasteiger partial charge in [0.1, 0.15) is 6.61 Å². The number of carbonyl (C=O) groups is 1. The molecule has 0 spiro atoms. The minimum Gasteiger partial charge on any atom is -0.444 e. The Morgan fingerprint density at radius 1 is 1.16 bits per heavy atom. The van der Waals surface area contributed by atoms with Gasteiger partial charge in [-0.3, -0.25) is 9.08 Å².